The van der Waals surface area contributed by atoms with E-state index in [0.29, 0.717) is 0 Å². The molecule has 0 atom stereocenters. The van der Waals surface area contributed by atoms with Gasteiger partial charge in [0.15, 0.2) is 0 Å². The van der Waals surface area contributed by atoms with E-state index in [9.17, 15) is 8.42 Å². The molecule has 2 aromatic rings. The van der Waals surface area contributed by atoms with E-state index < -0.39 is 10.1 Å². The summed E-state index contributed by atoms with van der Waals surface area (Å²) in [6, 6.07) is 13.2. The van der Waals surface area contributed by atoms with E-state index in [4.69, 9.17) is 4.18 Å². The molecule has 116 valence electrons. The van der Waals surface area contributed by atoms with Gasteiger partial charge in [-0.2, -0.15) is 13.5 Å². The van der Waals surface area contributed by atoms with Crippen LogP contribution in [0.1, 0.15) is 11.1 Å². The summed E-state index contributed by atoms with van der Waals surface area (Å²) < 4.78 is 29.4. The van der Waals surface area contributed by atoms with Gasteiger partial charge in [-0.25, -0.2) is 0 Å². The van der Waals surface area contributed by atoms with Crippen molar-refractivity contribution in [1.82, 2.24) is 5.01 Å². The van der Waals surface area contributed by atoms with Crippen molar-refractivity contribution in [2.75, 3.05) is 14.1 Å². The fourth-order valence-electron chi connectivity index (χ4n) is 1.67. The molecule has 0 unspecified atom stereocenters. The first-order chi connectivity index (χ1) is 10.4. The molecule has 0 saturated carbocycles. The molecule has 0 saturated heterocycles. The molecule has 0 radical (unpaired) electrons. The van der Waals surface area contributed by atoms with Crippen molar-refractivity contribution in [3.63, 3.8) is 0 Å². The molecular weight excluding hydrogens is 300 g/mol. The lowest BCUT2D eigenvalue weighted by Gasteiger charge is -2.07. The van der Waals surface area contributed by atoms with Crippen molar-refractivity contribution in [2.45, 2.75) is 11.8 Å². The topological polar surface area (TPSA) is 59.0 Å². The summed E-state index contributed by atoms with van der Waals surface area (Å²) in [5.41, 5.74) is 1.84. The summed E-state index contributed by atoms with van der Waals surface area (Å²) in [6.45, 7) is 1.89. The first kappa shape index (κ1) is 16.0. The third kappa shape index (κ3) is 4.33. The Hall–Kier alpha value is -2.34. The van der Waals surface area contributed by atoms with Crippen molar-refractivity contribution in [1.29, 1.82) is 0 Å². The zero-order valence-electron chi connectivity index (χ0n) is 12.7. The molecule has 0 heterocycles. The normalized spacial score (nSPS) is 11.6. The summed E-state index contributed by atoms with van der Waals surface area (Å²) in [5, 5.41) is 5.78. The van der Waals surface area contributed by atoms with E-state index in [-0.39, 0.29) is 10.6 Å². The Labute approximate surface area is 131 Å². The third-order valence-corrected chi connectivity index (χ3v) is 4.09. The molecule has 0 bridgehead atoms. The fourth-order valence-corrected chi connectivity index (χ4v) is 2.60. The van der Waals surface area contributed by atoms with Crippen LogP contribution in [0.15, 0.2) is 58.5 Å². The maximum atomic E-state index is 12.2. The molecule has 5 nitrogen and oxygen atoms in total. The van der Waals surface area contributed by atoms with E-state index in [1.807, 2.05) is 21.0 Å². The molecule has 0 aromatic heterocycles. The van der Waals surface area contributed by atoms with E-state index in [1.165, 1.54) is 12.1 Å². The highest BCUT2D eigenvalue weighted by Gasteiger charge is 2.16. The largest absolute Gasteiger partial charge is 0.379 e. The summed E-state index contributed by atoms with van der Waals surface area (Å²) in [5.74, 6) is 0.266. The van der Waals surface area contributed by atoms with Crippen molar-refractivity contribution >= 4 is 16.3 Å². The number of aryl methyl sites for hydroxylation is 1. The average Bonchev–Trinajstić information content (AvgIpc) is 2.46. The van der Waals surface area contributed by atoms with Crippen molar-refractivity contribution in [3.8, 4) is 5.75 Å². The Morgan fingerprint density at radius 3 is 2.14 bits per heavy atom. The van der Waals surface area contributed by atoms with E-state index in [2.05, 4.69) is 5.10 Å². The van der Waals surface area contributed by atoms with Crippen LogP contribution >= 0.6 is 0 Å². The fraction of sp³-hybridized carbons (Fsp3) is 0.188. The predicted octanol–water partition coefficient (Wildman–Crippen LogP) is 2.66. The molecule has 0 amide bonds. The van der Waals surface area contributed by atoms with Gasteiger partial charge in [-0.3, -0.25) is 0 Å². The Morgan fingerprint density at radius 2 is 1.59 bits per heavy atom. The zero-order valence-corrected chi connectivity index (χ0v) is 13.5. The molecule has 0 aliphatic heterocycles. The van der Waals surface area contributed by atoms with E-state index in [0.717, 1.165) is 11.1 Å². The van der Waals surface area contributed by atoms with Crippen LogP contribution in [0.4, 0.5) is 0 Å². The Balaban J connectivity index is 2.14. The number of hydrogen-bond acceptors (Lipinski definition) is 5. The summed E-state index contributed by atoms with van der Waals surface area (Å²) >= 11 is 0. The maximum Gasteiger partial charge on any atom is 0.339 e. The van der Waals surface area contributed by atoms with Crippen molar-refractivity contribution < 1.29 is 12.6 Å². The summed E-state index contributed by atoms with van der Waals surface area (Å²) in [4.78, 5) is 0.136. The number of hydrogen-bond donors (Lipinski definition) is 0. The molecule has 0 aliphatic carbocycles. The van der Waals surface area contributed by atoms with Crippen LogP contribution in [-0.4, -0.2) is 33.7 Å². The number of nitrogens with zero attached hydrogens (tertiary/aromatic N) is 2. The molecule has 6 heteroatoms. The van der Waals surface area contributed by atoms with Gasteiger partial charge in [-0.1, -0.05) is 17.7 Å². The highest BCUT2D eigenvalue weighted by molar-refractivity contribution is 7.87. The van der Waals surface area contributed by atoms with Gasteiger partial charge in [0.25, 0.3) is 0 Å². The molecule has 0 aliphatic rings. The van der Waals surface area contributed by atoms with Gasteiger partial charge in [0.1, 0.15) is 10.6 Å². The van der Waals surface area contributed by atoms with Crippen LogP contribution in [0.2, 0.25) is 0 Å². The highest BCUT2D eigenvalue weighted by Crippen LogP contribution is 2.19. The standard InChI is InChI=1S/C16H18N2O3S/c1-13-4-10-16(11-5-13)22(19,20)21-15-8-6-14(7-9-15)12-17-18(2)3/h4-12H,1-3H3/b17-12+. The van der Waals surface area contributed by atoms with E-state index >= 15 is 0 Å². The molecule has 0 N–H and O–H groups in total. The van der Waals surface area contributed by atoms with Gasteiger partial charge in [0.2, 0.25) is 0 Å². The molecular formula is C16H18N2O3S. The monoisotopic (exact) mass is 318 g/mol. The SMILES string of the molecule is Cc1ccc(S(=O)(=O)Oc2ccc(/C=N/N(C)C)cc2)cc1. The summed E-state index contributed by atoms with van der Waals surface area (Å²) in [7, 11) is -0.167. The molecule has 0 fully saturated rings. The van der Waals surface area contributed by atoms with Crippen LogP contribution in [-0.2, 0) is 10.1 Å². The van der Waals surface area contributed by atoms with Crippen LogP contribution in [0.25, 0.3) is 0 Å². The lowest BCUT2D eigenvalue weighted by Crippen LogP contribution is -2.09. The van der Waals surface area contributed by atoms with E-state index in [1.54, 1.807) is 47.6 Å². The third-order valence-electron chi connectivity index (χ3n) is 2.83. The molecule has 22 heavy (non-hydrogen) atoms. The first-order valence-corrected chi connectivity index (χ1v) is 8.10. The van der Waals surface area contributed by atoms with Crippen LogP contribution in [0.5, 0.6) is 5.75 Å². The zero-order chi connectivity index (χ0) is 16.2. The van der Waals surface area contributed by atoms with Crippen LogP contribution < -0.4 is 4.18 Å². The lowest BCUT2D eigenvalue weighted by atomic mass is 10.2. The van der Waals surface area contributed by atoms with Crippen LogP contribution in [0, 0.1) is 6.92 Å². The van der Waals surface area contributed by atoms with Gasteiger partial charge < -0.3 is 9.19 Å². The lowest BCUT2D eigenvalue weighted by molar-refractivity contribution is 0.440. The maximum absolute atomic E-state index is 12.2. The minimum Gasteiger partial charge on any atom is -0.379 e. The van der Waals surface area contributed by atoms with Gasteiger partial charge >= 0.3 is 10.1 Å². The number of rotatable bonds is 5. The summed E-state index contributed by atoms with van der Waals surface area (Å²) in [6.07, 6.45) is 1.68. The molecule has 0 spiro atoms. The second-order valence-corrected chi connectivity index (χ2v) is 6.56. The minimum absolute atomic E-state index is 0.136. The quantitative estimate of drug-likeness (QED) is 0.483. The smallest absolute Gasteiger partial charge is 0.339 e. The first-order valence-electron chi connectivity index (χ1n) is 6.69. The number of hydrazone groups is 1. The molecule has 2 aromatic carbocycles. The van der Waals surface area contributed by atoms with Gasteiger partial charge in [0.05, 0.1) is 6.21 Å². The van der Waals surface area contributed by atoms with Crippen molar-refractivity contribution in [3.05, 3.63) is 59.7 Å². The number of benzene rings is 2. The van der Waals surface area contributed by atoms with Gasteiger partial charge in [-0.15, -0.1) is 0 Å². The predicted molar refractivity (Wildman–Crippen MR) is 86.7 cm³/mol. The Bertz CT molecular complexity index is 749. The average molecular weight is 318 g/mol. The van der Waals surface area contributed by atoms with Gasteiger partial charge in [-0.05, 0) is 48.9 Å². The van der Waals surface area contributed by atoms with Crippen LogP contribution in [0.3, 0.4) is 0 Å². The second-order valence-electron chi connectivity index (χ2n) is 5.01. The Morgan fingerprint density at radius 1 is 1.00 bits per heavy atom. The molecule has 2 rings (SSSR count). The van der Waals surface area contributed by atoms with Gasteiger partial charge in [0, 0.05) is 14.1 Å². The highest BCUT2D eigenvalue weighted by atomic mass is 32.2. The minimum atomic E-state index is -3.81. The Kier molecular flexibility index (Phi) is 4.82. The second kappa shape index (κ2) is 6.62. The van der Waals surface area contributed by atoms with Crippen molar-refractivity contribution in [2.24, 2.45) is 5.10 Å².